The van der Waals surface area contributed by atoms with Crippen LogP contribution in [-0.2, 0) is 30.4 Å². The van der Waals surface area contributed by atoms with Crippen LogP contribution in [0, 0.1) is 10.1 Å². The number of azo groups is 1. The second kappa shape index (κ2) is 8.48. The minimum absolute atomic E-state index is 0.415. The molecule has 0 saturated carbocycles. The molecule has 0 radical (unpaired) electrons. The Kier molecular flexibility index (Phi) is 6.27. The number of hydrogen-bond acceptors (Lipinski definition) is 12. The molecule has 0 aliphatic heterocycles. The van der Waals surface area contributed by atoms with Gasteiger partial charge in [0.2, 0.25) is 0 Å². The summed E-state index contributed by atoms with van der Waals surface area (Å²) in [6.07, 6.45) is 0. The predicted octanol–water partition coefficient (Wildman–Crippen LogP) is 2.31. The molecular weight excluding hydrogens is 538 g/mol. The number of phenolic OH excluding ortho intramolecular Hbond substituents is 2. The Morgan fingerprint density at radius 2 is 1.31 bits per heavy atom. The highest BCUT2D eigenvalue weighted by molar-refractivity contribution is 7.86. The maximum Gasteiger partial charge on any atom is 0.297 e. The molecule has 0 bridgehead atoms. The fraction of sp³-hybridized carbons (Fsp3) is 0. The van der Waals surface area contributed by atoms with E-state index in [9.17, 15) is 59.2 Å². The van der Waals surface area contributed by atoms with Gasteiger partial charge in [-0.25, -0.2) is 0 Å². The van der Waals surface area contributed by atoms with Crippen molar-refractivity contribution in [3.05, 3.63) is 46.5 Å². The van der Waals surface area contributed by atoms with Gasteiger partial charge in [0.25, 0.3) is 36.0 Å². The minimum atomic E-state index is -5.23. The van der Waals surface area contributed by atoms with Gasteiger partial charge in [0.15, 0.2) is 0 Å². The number of aromatic hydroxyl groups is 2. The van der Waals surface area contributed by atoms with Gasteiger partial charge in [-0.1, -0.05) is 0 Å². The summed E-state index contributed by atoms with van der Waals surface area (Å²) in [5.74, 6) is -1.94. The zero-order valence-corrected chi connectivity index (χ0v) is 19.0. The summed E-state index contributed by atoms with van der Waals surface area (Å²) < 4.78 is 98.4. The molecule has 3 aromatic rings. The molecule has 0 aromatic heterocycles. The molecule has 0 aliphatic rings. The van der Waals surface area contributed by atoms with Gasteiger partial charge in [0.1, 0.15) is 32.7 Å². The number of nitro groups is 1. The van der Waals surface area contributed by atoms with Crippen LogP contribution in [0.2, 0.25) is 0 Å². The first-order chi connectivity index (χ1) is 15.9. The number of nitrogens with zero attached hydrogens (tertiary/aromatic N) is 3. The van der Waals surface area contributed by atoms with Crippen LogP contribution in [-0.4, -0.2) is 54.0 Å². The lowest BCUT2D eigenvalue weighted by molar-refractivity contribution is -0.385. The summed E-state index contributed by atoms with van der Waals surface area (Å²) >= 11 is 0. The monoisotopic (exact) mass is 549 g/mol. The zero-order valence-electron chi connectivity index (χ0n) is 16.5. The van der Waals surface area contributed by atoms with Gasteiger partial charge >= 0.3 is 0 Å². The maximum atomic E-state index is 11.9. The highest BCUT2D eigenvalue weighted by atomic mass is 32.2. The number of rotatable bonds is 6. The Balaban J connectivity index is 2.45. The molecule has 0 aliphatic carbocycles. The Bertz CT molecular complexity index is 1760. The highest BCUT2D eigenvalue weighted by Crippen LogP contribution is 2.44. The smallest absolute Gasteiger partial charge is 0.297 e. The van der Waals surface area contributed by atoms with Crippen molar-refractivity contribution in [1.82, 2.24) is 0 Å². The average molecular weight is 549 g/mol. The number of fused-ring (bicyclic) bond motifs is 1. The van der Waals surface area contributed by atoms with E-state index in [1.54, 1.807) is 0 Å². The topological polar surface area (TPSA) is 271 Å². The Hall–Kier alpha value is -3.75. The molecule has 0 fully saturated rings. The fourth-order valence-corrected chi connectivity index (χ4v) is 4.74. The molecule has 5 N–H and O–H groups in total. The molecule has 16 nitrogen and oxygen atoms in total. The van der Waals surface area contributed by atoms with Crippen LogP contribution in [0.3, 0.4) is 0 Å². The predicted molar refractivity (Wildman–Crippen MR) is 114 cm³/mol. The summed E-state index contributed by atoms with van der Waals surface area (Å²) in [5.41, 5.74) is -2.47. The van der Waals surface area contributed by atoms with Crippen molar-refractivity contribution in [3.63, 3.8) is 0 Å². The number of phenols is 2. The first-order valence-corrected chi connectivity index (χ1v) is 12.9. The Morgan fingerprint density at radius 1 is 0.743 bits per heavy atom. The second-order valence-corrected chi connectivity index (χ2v) is 10.8. The summed E-state index contributed by atoms with van der Waals surface area (Å²) in [4.78, 5) is 6.64. The summed E-state index contributed by atoms with van der Waals surface area (Å²) in [6.45, 7) is 0. The van der Waals surface area contributed by atoms with E-state index in [1.807, 2.05) is 0 Å². The first-order valence-electron chi connectivity index (χ1n) is 8.56. The van der Waals surface area contributed by atoms with Crippen molar-refractivity contribution < 1.29 is 54.0 Å². The maximum absolute atomic E-state index is 11.9. The summed E-state index contributed by atoms with van der Waals surface area (Å²) in [6, 6.07) is 3.40. The van der Waals surface area contributed by atoms with E-state index in [-0.39, 0.29) is 0 Å². The summed E-state index contributed by atoms with van der Waals surface area (Å²) in [5, 5.41) is 36.8. The normalized spacial score (nSPS) is 12.9. The van der Waals surface area contributed by atoms with E-state index in [4.69, 9.17) is 0 Å². The average Bonchev–Trinajstić information content (AvgIpc) is 2.70. The third-order valence-electron chi connectivity index (χ3n) is 4.37. The molecule has 19 heteroatoms. The van der Waals surface area contributed by atoms with Crippen LogP contribution in [0.25, 0.3) is 10.8 Å². The third-order valence-corrected chi connectivity index (χ3v) is 6.95. The van der Waals surface area contributed by atoms with Crippen molar-refractivity contribution in [2.45, 2.75) is 14.7 Å². The molecule has 3 rings (SSSR count). The van der Waals surface area contributed by atoms with Gasteiger partial charge in [0.05, 0.1) is 15.2 Å². The standard InChI is InChI=1S/C16H11N3O13S3/c20-11-5-8(33(24,25)26)4-9-15(11)12(21)6-14(35(30,31)32)16(9)18-17-10-2-1-7(19(22)23)3-13(10)34(27,28)29/h1-6,20-21H,(H,24,25,26)(H,27,28,29)(H,30,31,32)/b18-17+. The molecule has 0 amide bonds. The van der Waals surface area contributed by atoms with Crippen molar-refractivity contribution in [2.24, 2.45) is 10.2 Å². The van der Waals surface area contributed by atoms with Crippen LogP contribution in [0.5, 0.6) is 11.5 Å². The molecular formula is C16H11N3O13S3. The third kappa shape index (κ3) is 5.18. The van der Waals surface area contributed by atoms with Gasteiger partial charge < -0.3 is 10.2 Å². The molecule has 3 aromatic carbocycles. The van der Waals surface area contributed by atoms with Crippen LogP contribution < -0.4 is 0 Å². The van der Waals surface area contributed by atoms with Crippen molar-refractivity contribution in [1.29, 1.82) is 0 Å². The van der Waals surface area contributed by atoms with Crippen LogP contribution >= 0.6 is 0 Å². The van der Waals surface area contributed by atoms with Crippen molar-refractivity contribution in [3.8, 4) is 11.5 Å². The molecule has 0 spiro atoms. The van der Waals surface area contributed by atoms with E-state index in [0.29, 0.717) is 24.3 Å². The van der Waals surface area contributed by atoms with Crippen LogP contribution in [0.4, 0.5) is 17.1 Å². The number of nitro benzene ring substituents is 1. The Labute approximate surface area is 195 Å². The number of benzene rings is 3. The SMILES string of the molecule is O=[N+]([O-])c1ccc(/N=N/c2c(S(=O)(=O)O)cc(O)c3c(O)cc(S(=O)(=O)O)cc23)c(S(=O)(=O)O)c1. The second-order valence-electron chi connectivity index (χ2n) is 6.64. The quantitative estimate of drug-likeness (QED) is 0.128. The van der Waals surface area contributed by atoms with Crippen LogP contribution in [0.1, 0.15) is 0 Å². The molecule has 0 atom stereocenters. The van der Waals surface area contributed by atoms with E-state index >= 15 is 0 Å². The van der Waals surface area contributed by atoms with Gasteiger partial charge in [-0.2, -0.15) is 25.3 Å². The lowest BCUT2D eigenvalue weighted by atomic mass is 10.1. The van der Waals surface area contributed by atoms with E-state index in [1.165, 1.54) is 0 Å². The lowest BCUT2D eigenvalue weighted by Gasteiger charge is -2.11. The molecule has 35 heavy (non-hydrogen) atoms. The Morgan fingerprint density at radius 3 is 1.83 bits per heavy atom. The number of non-ortho nitro benzene ring substituents is 1. The zero-order chi connectivity index (χ0) is 26.5. The van der Waals surface area contributed by atoms with Crippen LogP contribution in [0.15, 0.2) is 61.3 Å². The first kappa shape index (κ1) is 25.9. The van der Waals surface area contributed by atoms with Gasteiger partial charge in [0, 0.05) is 29.7 Å². The molecule has 0 heterocycles. The van der Waals surface area contributed by atoms with Crippen molar-refractivity contribution >= 4 is 58.2 Å². The molecule has 186 valence electrons. The lowest BCUT2D eigenvalue weighted by Crippen LogP contribution is -2.01. The molecule has 0 saturated heterocycles. The van der Waals surface area contributed by atoms with E-state index in [0.717, 1.165) is 12.1 Å². The number of hydrogen-bond donors (Lipinski definition) is 5. The van der Waals surface area contributed by atoms with Crippen molar-refractivity contribution in [2.75, 3.05) is 0 Å². The largest absolute Gasteiger partial charge is 0.507 e. The molecule has 0 unspecified atom stereocenters. The van der Waals surface area contributed by atoms with Gasteiger partial charge in [-0.15, -0.1) is 10.2 Å². The summed E-state index contributed by atoms with van der Waals surface area (Å²) in [7, 11) is -15.4. The minimum Gasteiger partial charge on any atom is -0.507 e. The van der Waals surface area contributed by atoms with E-state index in [2.05, 4.69) is 10.2 Å². The van der Waals surface area contributed by atoms with E-state index < -0.39 is 89.3 Å². The fourth-order valence-electron chi connectivity index (χ4n) is 2.91. The van der Waals surface area contributed by atoms with Gasteiger partial charge in [-0.3, -0.25) is 23.8 Å². The highest BCUT2D eigenvalue weighted by Gasteiger charge is 2.26. The van der Waals surface area contributed by atoms with Gasteiger partial charge in [-0.05, 0) is 12.1 Å².